The van der Waals surface area contributed by atoms with Crippen molar-refractivity contribution in [3.63, 3.8) is 0 Å². The molecule has 0 aromatic heterocycles. The molecule has 0 aliphatic rings. The molecule has 0 aliphatic carbocycles. The summed E-state index contributed by atoms with van der Waals surface area (Å²) in [7, 11) is -1.80. The summed E-state index contributed by atoms with van der Waals surface area (Å²) < 4.78 is 22.7. The van der Waals surface area contributed by atoms with E-state index >= 15 is 0 Å². The summed E-state index contributed by atoms with van der Waals surface area (Å²) in [5.74, 6) is 0.218. The van der Waals surface area contributed by atoms with Crippen molar-refractivity contribution in [3.05, 3.63) is 12.4 Å². The highest BCUT2D eigenvalue weighted by Crippen LogP contribution is 2.03. The van der Waals surface area contributed by atoms with Gasteiger partial charge in [-0.2, -0.15) is 0 Å². The zero-order chi connectivity index (χ0) is 9.07. The molecule has 0 aromatic carbocycles. The average Bonchev–Trinajstić information content (AvgIpc) is 1.85. The maximum absolute atomic E-state index is 10.8. The first-order valence-electron chi connectivity index (χ1n) is 3.01. The second kappa shape index (κ2) is 3.52. The minimum Gasteiger partial charge on any atom is -0.258 e. The van der Waals surface area contributed by atoms with Crippen LogP contribution in [0.4, 0.5) is 0 Å². The van der Waals surface area contributed by atoms with Crippen LogP contribution in [0.3, 0.4) is 0 Å². The Balaban J connectivity index is 4.52. The van der Waals surface area contributed by atoms with Gasteiger partial charge < -0.3 is 0 Å². The Labute approximate surface area is 67.3 Å². The van der Waals surface area contributed by atoms with Crippen LogP contribution in [0.1, 0.15) is 6.92 Å². The molecular formula is C6H12N2O2S. The number of sulfonamides is 1. The molecule has 5 heteroatoms. The summed E-state index contributed by atoms with van der Waals surface area (Å²) in [5.41, 5.74) is 0. The summed E-state index contributed by atoms with van der Waals surface area (Å²) in [6.45, 7) is 5.16. The summed E-state index contributed by atoms with van der Waals surface area (Å²) in [6, 6.07) is 0. The van der Waals surface area contributed by atoms with E-state index in [2.05, 4.69) is 11.6 Å². The van der Waals surface area contributed by atoms with E-state index in [1.54, 1.807) is 6.92 Å². The van der Waals surface area contributed by atoms with Gasteiger partial charge in [-0.25, -0.2) is 13.4 Å². The third kappa shape index (κ3) is 3.18. The van der Waals surface area contributed by atoms with E-state index in [1.165, 1.54) is 13.3 Å². The molecule has 0 radical (unpaired) electrons. The Morgan fingerprint density at radius 3 is 2.36 bits per heavy atom. The molecule has 0 rings (SSSR count). The van der Waals surface area contributed by atoms with Crippen molar-refractivity contribution in [3.8, 4) is 0 Å². The van der Waals surface area contributed by atoms with Crippen molar-refractivity contribution >= 4 is 16.2 Å². The molecule has 0 spiro atoms. The normalized spacial score (nSPS) is 11.9. The Bertz CT molecular complexity index is 266. The lowest BCUT2D eigenvalue weighted by Gasteiger charge is -2.14. The SMILES string of the molecule is C=C(N=CC)N(C)S(C)(=O)=O. The largest absolute Gasteiger partial charge is 0.258 e. The van der Waals surface area contributed by atoms with E-state index < -0.39 is 10.0 Å². The fourth-order valence-electron chi connectivity index (χ4n) is 0.422. The molecular weight excluding hydrogens is 164 g/mol. The van der Waals surface area contributed by atoms with Crippen molar-refractivity contribution in [1.29, 1.82) is 0 Å². The molecule has 0 aromatic rings. The zero-order valence-electron chi connectivity index (χ0n) is 6.90. The number of hydrogen-bond acceptors (Lipinski definition) is 3. The minimum absolute atomic E-state index is 0.218. The summed E-state index contributed by atoms with van der Waals surface area (Å²) >= 11 is 0. The van der Waals surface area contributed by atoms with Gasteiger partial charge in [0.15, 0.2) is 0 Å². The molecule has 4 nitrogen and oxygen atoms in total. The van der Waals surface area contributed by atoms with Gasteiger partial charge in [0.05, 0.1) is 6.26 Å². The molecule has 0 saturated carbocycles. The van der Waals surface area contributed by atoms with Gasteiger partial charge in [0, 0.05) is 13.3 Å². The van der Waals surface area contributed by atoms with Gasteiger partial charge >= 0.3 is 0 Å². The molecule has 0 aliphatic heterocycles. The Kier molecular flexibility index (Phi) is 3.25. The summed E-state index contributed by atoms with van der Waals surface area (Å²) in [4.78, 5) is 3.72. The quantitative estimate of drug-likeness (QED) is 0.586. The Morgan fingerprint density at radius 2 is 2.09 bits per heavy atom. The third-order valence-electron chi connectivity index (χ3n) is 1.14. The monoisotopic (exact) mass is 176 g/mol. The van der Waals surface area contributed by atoms with Gasteiger partial charge in [-0.1, -0.05) is 6.58 Å². The number of aliphatic imine (C=N–C) groups is 1. The average molecular weight is 176 g/mol. The van der Waals surface area contributed by atoms with Crippen LogP contribution >= 0.6 is 0 Å². The van der Waals surface area contributed by atoms with Crippen LogP contribution in [0.15, 0.2) is 17.4 Å². The number of hydrogen-bond donors (Lipinski definition) is 0. The van der Waals surface area contributed by atoms with E-state index in [4.69, 9.17) is 0 Å². The fourth-order valence-corrected chi connectivity index (χ4v) is 0.852. The van der Waals surface area contributed by atoms with Crippen LogP contribution in [-0.4, -0.2) is 32.2 Å². The first kappa shape index (κ1) is 10.2. The van der Waals surface area contributed by atoms with Crippen molar-refractivity contribution in [1.82, 2.24) is 4.31 Å². The molecule has 0 heterocycles. The second-order valence-corrected chi connectivity index (χ2v) is 4.05. The molecule has 0 N–H and O–H groups in total. The molecule has 64 valence electrons. The lowest BCUT2D eigenvalue weighted by Crippen LogP contribution is -2.23. The van der Waals surface area contributed by atoms with E-state index in [1.807, 2.05) is 0 Å². The van der Waals surface area contributed by atoms with Crippen molar-refractivity contribution in [2.75, 3.05) is 13.3 Å². The predicted molar refractivity (Wildman–Crippen MR) is 45.9 cm³/mol. The van der Waals surface area contributed by atoms with Gasteiger partial charge in [0.25, 0.3) is 0 Å². The van der Waals surface area contributed by atoms with Crippen LogP contribution in [0.5, 0.6) is 0 Å². The molecule has 11 heavy (non-hydrogen) atoms. The van der Waals surface area contributed by atoms with Gasteiger partial charge in [0.1, 0.15) is 5.82 Å². The van der Waals surface area contributed by atoms with E-state index in [-0.39, 0.29) is 5.82 Å². The molecule has 0 atom stereocenters. The lowest BCUT2D eigenvalue weighted by atomic mass is 10.7. The van der Waals surface area contributed by atoms with Crippen LogP contribution in [0, 0.1) is 0 Å². The molecule has 0 fully saturated rings. The molecule has 0 amide bonds. The second-order valence-electron chi connectivity index (χ2n) is 2.03. The van der Waals surface area contributed by atoms with E-state index in [0.29, 0.717) is 0 Å². The van der Waals surface area contributed by atoms with Crippen LogP contribution in [0.2, 0.25) is 0 Å². The highest BCUT2D eigenvalue weighted by Gasteiger charge is 2.10. The highest BCUT2D eigenvalue weighted by atomic mass is 32.2. The first-order valence-corrected chi connectivity index (χ1v) is 4.86. The number of nitrogens with zero attached hydrogens (tertiary/aromatic N) is 2. The summed E-state index contributed by atoms with van der Waals surface area (Å²) in [5, 5.41) is 0. The van der Waals surface area contributed by atoms with Crippen LogP contribution in [0.25, 0.3) is 0 Å². The highest BCUT2D eigenvalue weighted by molar-refractivity contribution is 7.88. The van der Waals surface area contributed by atoms with Crippen molar-refractivity contribution in [2.24, 2.45) is 4.99 Å². The maximum Gasteiger partial charge on any atom is 0.233 e. The van der Waals surface area contributed by atoms with Gasteiger partial charge in [-0.05, 0) is 6.92 Å². The topological polar surface area (TPSA) is 49.7 Å². The molecule has 0 unspecified atom stereocenters. The van der Waals surface area contributed by atoms with Crippen LogP contribution < -0.4 is 0 Å². The third-order valence-corrected chi connectivity index (χ3v) is 2.34. The molecule has 0 saturated heterocycles. The van der Waals surface area contributed by atoms with E-state index in [9.17, 15) is 8.42 Å². The van der Waals surface area contributed by atoms with Crippen LogP contribution in [-0.2, 0) is 10.0 Å². The van der Waals surface area contributed by atoms with Gasteiger partial charge in [-0.15, -0.1) is 0 Å². The number of rotatable bonds is 3. The Morgan fingerprint density at radius 1 is 1.64 bits per heavy atom. The standard InChI is InChI=1S/C6H12N2O2S/c1-5-7-6(2)8(3)11(4,9)10/h5H,2H2,1,3-4H3. The fraction of sp³-hybridized carbons (Fsp3) is 0.500. The van der Waals surface area contributed by atoms with Gasteiger partial charge in [-0.3, -0.25) is 4.31 Å². The van der Waals surface area contributed by atoms with Crippen molar-refractivity contribution in [2.45, 2.75) is 6.92 Å². The minimum atomic E-state index is -3.20. The predicted octanol–water partition coefficient (Wildman–Crippen LogP) is 0.440. The molecule has 0 bridgehead atoms. The zero-order valence-corrected chi connectivity index (χ0v) is 7.72. The van der Waals surface area contributed by atoms with E-state index in [0.717, 1.165) is 10.6 Å². The lowest BCUT2D eigenvalue weighted by molar-refractivity contribution is 0.529. The summed E-state index contributed by atoms with van der Waals surface area (Å²) in [6.07, 6.45) is 2.59. The first-order chi connectivity index (χ1) is 4.89. The van der Waals surface area contributed by atoms with Crippen molar-refractivity contribution < 1.29 is 8.42 Å². The Hall–Kier alpha value is -0.840. The van der Waals surface area contributed by atoms with Gasteiger partial charge in [0.2, 0.25) is 10.0 Å². The smallest absolute Gasteiger partial charge is 0.233 e. The maximum atomic E-state index is 10.8.